The molecule has 1 amide bonds. The molecule has 0 fully saturated rings. The molecule has 0 saturated heterocycles. The van der Waals surface area contributed by atoms with Gasteiger partial charge < -0.3 is 15.0 Å². The molecule has 0 radical (unpaired) electrons. The fraction of sp³-hybridized carbons (Fsp3) is 0.545. The lowest BCUT2D eigenvalue weighted by atomic mass is 10.2. The van der Waals surface area contributed by atoms with Gasteiger partial charge in [0.2, 0.25) is 0 Å². The van der Waals surface area contributed by atoms with E-state index in [4.69, 9.17) is 5.11 Å². The Bertz CT molecular complexity index is 439. The Labute approximate surface area is 105 Å². The lowest BCUT2D eigenvalue weighted by molar-refractivity contribution is -0.384. The average Bonchev–Trinajstić information content (AvgIpc) is 2.66. The third kappa shape index (κ3) is 3.85. The number of carbonyl (C=O) groups excluding carboxylic acids is 1. The monoisotopic (exact) mass is 255 g/mol. The summed E-state index contributed by atoms with van der Waals surface area (Å²) in [6, 6.07) is 1.24. The van der Waals surface area contributed by atoms with Crippen LogP contribution in [0.15, 0.2) is 12.3 Å². The van der Waals surface area contributed by atoms with Gasteiger partial charge in [-0.1, -0.05) is 0 Å². The van der Waals surface area contributed by atoms with Crippen LogP contribution >= 0.6 is 0 Å². The summed E-state index contributed by atoms with van der Waals surface area (Å²) < 4.78 is 1.42. The van der Waals surface area contributed by atoms with Crippen LogP contribution < -0.4 is 5.32 Å². The maximum Gasteiger partial charge on any atom is 0.287 e. The zero-order valence-electron chi connectivity index (χ0n) is 10.4. The minimum Gasteiger partial charge on any atom is -0.393 e. The van der Waals surface area contributed by atoms with Gasteiger partial charge in [-0.2, -0.15) is 0 Å². The number of aromatic nitrogens is 1. The summed E-state index contributed by atoms with van der Waals surface area (Å²) in [5, 5.41) is 22.3. The van der Waals surface area contributed by atoms with Gasteiger partial charge in [-0.15, -0.1) is 0 Å². The van der Waals surface area contributed by atoms with Crippen molar-refractivity contribution in [1.29, 1.82) is 0 Å². The van der Waals surface area contributed by atoms with E-state index in [0.29, 0.717) is 19.4 Å². The normalized spacial score (nSPS) is 12.2. The maximum atomic E-state index is 11.7. The van der Waals surface area contributed by atoms with E-state index in [1.807, 2.05) is 0 Å². The molecule has 0 aromatic carbocycles. The van der Waals surface area contributed by atoms with Crippen LogP contribution in [-0.2, 0) is 7.05 Å². The molecule has 7 heteroatoms. The van der Waals surface area contributed by atoms with E-state index >= 15 is 0 Å². The van der Waals surface area contributed by atoms with E-state index in [-0.39, 0.29) is 17.3 Å². The second-order valence-electron chi connectivity index (χ2n) is 4.20. The molecular weight excluding hydrogens is 238 g/mol. The van der Waals surface area contributed by atoms with Gasteiger partial charge in [0, 0.05) is 19.7 Å². The second kappa shape index (κ2) is 6.15. The van der Waals surface area contributed by atoms with Gasteiger partial charge in [0.1, 0.15) is 5.69 Å². The van der Waals surface area contributed by atoms with Gasteiger partial charge in [0.15, 0.2) is 0 Å². The zero-order valence-corrected chi connectivity index (χ0v) is 10.4. The number of nitrogens with zero attached hydrogens (tertiary/aromatic N) is 2. The van der Waals surface area contributed by atoms with Crippen molar-refractivity contribution >= 4 is 11.6 Å². The first-order valence-electron chi connectivity index (χ1n) is 5.69. The first-order valence-corrected chi connectivity index (χ1v) is 5.69. The average molecular weight is 255 g/mol. The molecule has 1 rings (SSSR count). The molecule has 0 bridgehead atoms. The highest BCUT2D eigenvalue weighted by Crippen LogP contribution is 2.14. The van der Waals surface area contributed by atoms with E-state index in [2.05, 4.69) is 5.32 Å². The number of hydrogen-bond acceptors (Lipinski definition) is 4. The standard InChI is InChI=1S/C11H17N3O4/c1-8(15)4-3-5-12-11(16)10-6-9(14(17)18)7-13(10)2/h6-8,15H,3-5H2,1-2H3,(H,12,16). The molecule has 0 aliphatic carbocycles. The summed E-state index contributed by atoms with van der Waals surface area (Å²) in [4.78, 5) is 21.7. The molecule has 18 heavy (non-hydrogen) atoms. The highest BCUT2D eigenvalue weighted by atomic mass is 16.6. The van der Waals surface area contributed by atoms with Gasteiger partial charge >= 0.3 is 0 Å². The quantitative estimate of drug-likeness (QED) is 0.447. The van der Waals surface area contributed by atoms with Gasteiger partial charge in [0.05, 0.1) is 17.2 Å². The number of aliphatic hydroxyl groups excluding tert-OH is 1. The van der Waals surface area contributed by atoms with Crippen molar-refractivity contribution in [1.82, 2.24) is 9.88 Å². The van der Waals surface area contributed by atoms with Crippen molar-refractivity contribution < 1.29 is 14.8 Å². The lowest BCUT2D eigenvalue weighted by Gasteiger charge is -2.06. The van der Waals surface area contributed by atoms with E-state index in [1.54, 1.807) is 14.0 Å². The smallest absolute Gasteiger partial charge is 0.287 e. The number of amides is 1. The molecule has 0 aliphatic rings. The predicted molar refractivity (Wildman–Crippen MR) is 65.3 cm³/mol. The Morgan fingerprint density at radius 2 is 2.33 bits per heavy atom. The van der Waals surface area contributed by atoms with Crippen LogP contribution in [0.25, 0.3) is 0 Å². The molecule has 0 aliphatic heterocycles. The third-order valence-corrected chi connectivity index (χ3v) is 2.52. The first kappa shape index (κ1) is 14.2. The highest BCUT2D eigenvalue weighted by Gasteiger charge is 2.16. The second-order valence-corrected chi connectivity index (χ2v) is 4.20. The van der Waals surface area contributed by atoms with Crippen molar-refractivity contribution in [2.75, 3.05) is 6.54 Å². The number of nitro groups is 1. The molecule has 1 aromatic rings. The van der Waals surface area contributed by atoms with Crippen LogP contribution in [0.4, 0.5) is 5.69 Å². The first-order chi connectivity index (χ1) is 8.41. The molecule has 1 heterocycles. The van der Waals surface area contributed by atoms with E-state index in [9.17, 15) is 14.9 Å². The Morgan fingerprint density at radius 3 is 2.83 bits per heavy atom. The summed E-state index contributed by atoms with van der Waals surface area (Å²) >= 11 is 0. The molecular formula is C11H17N3O4. The number of rotatable bonds is 6. The van der Waals surface area contributed by atoms with E-state index in [0.717, 1.165) is 0 Å². The van der Waals surface area contributed by atoms with Gasteiger partial charge in [-0.3, -0.25) is 14.9 Å². The Balaban J connectivity index is 2.54. The van der Waals surface area contributed by atoms with Crippen LogP contribution in [0.2, 0.25) is 0 Å². The summed E-state index contributed by atoms with van der Waals surface area (Å²) in [5.74, 6) is -0.351. The van der Waals surface area contributed by atoms with Crippen molar-refractivity contribution in [2.24, 2.45) is 7.05 Å². The summed E-state index contributed by atoms with van der Waals surface area (Å²) in [5.41, 5.74) is 0.144. The highest BCUT2D eigenvalue weighted by molar-refractivity contribution is 5.93. The molecule has 1 atom stereocenters. The van der Waals surface area contributed by atoms with E-state index in [1.165, 1.54) is 16.8 Å². The number of carbonyl (C=O) groups is 1. The summed E-state index contributed by atoms with van der Waals surface area (Å²) in [6.07, 6.45) is 2.17. The van der Waals surface area contributed by atoms with Gasteiger partial charge in [0.25, 0.3) is 11.6 Å². The molecule has 1 aromatic heterocycles. The molecule has 1 unspecified atom stereocenters. The Hall–Kier alpha value is -1.89. The minimum atomic E-state index is -0.537. The van der Waals surface area contributed by atoms with Crippen LogP contribution in [0.3, 0.4) is 0 Å². The van der Waals surface area contributed by atoms with Crippen LogP contribution in [-0.4, -0.2) is 33.2 Å². The van der Waals surface area contributed by atoms with Crippen molar-refractivity contribution in [2.45, 2.75) is 25.9 Å². The van der Waals surface area contributed by atoms with Crippen LogP contribution in [0, 0.1) is 10.1 Å². The van der Waals surface area contributed by atoms with Crippen LogP contribution in [0.1, 0.15) is 30.3 Å². The summed E-state index contributed by atoms with van der Waals surface area (Å²) in [6.45, 7) is 2.12. The zero-order chi connectivity index (χ0) is 13.7. The number of aryl methyl sites for hydroxylation is 1. The lowest BCUT2D eigenvalue weighted by Crippen LogP contribution is -2.26. The molecule has 2 N–H and O–H groups in total. The largest absolute Gasteiger partial charge is 0.393 e. The maximum absolute atomic E-state index is 11.7. The van der Waals surface area contributed by atoms with Crippen LogP contribution in [0.5, 0.6) is 0 Å². The number of aliphatic hydroxyl groups is 1. The number of hydrogen-bond donors (Lipinski definition) is 2. The van der Waals surface area contributed by atoms with Gasteiger partial charge in [-0.25, -0.2) is 0 Å². The summed E-state index contributed by atoms with van der Waals surface area (Å²) in [7, 11) is 1.58. The minimum absolute atomic E-state index is 0.105. The topological polar surface area (TPSA) is 97.4 Å². The Morgan fingerprint density at radius 1 is 1.67 bits per heavy atom. The molecule has 0 saturated carbocycles. The molecule has 100 valence electrons. The molecule has 7 nitrogen and oxygen atoms in total. The predicted octanol–water partition coefficient (Wildman–Crippen LogP) is 0.824. The van der Waals surface area contributed by atoms with Gasteiger partial charge in [-0.05, 0) is 19.8 Å². The number of nitrogens with one attached hydrogen (secondary N) is 1. The third-order valence-electron chi connectivity index (χ3n) is 2.52. The molecule has 0 spiro atoms. The fourth-order valence-corrected chi connectivity index (χ4v) is 1.56. The van der Waals surface area contributed by atoms with Crippen molar-refractivity contribution in [3.8, 4) is 0 Å². The van der Waals surface area contributed by atoms with Crippen molar-refractivity contribution in [3.05, 3.63) is 28.1 Å². The van der Waals surface area contributed by atoms with Crippen molar-refractivity contribution in [3.63, 3.8) is 0 Å². The SMILES string of the molecule is CC(O)CCCNC(=O)c1cc([N+](=O)[O-])cn1C. The van der Waals surface area contributed by atoms with E-state index < -0.39 is 11.0 Å². The Kier molecular flexibility index (Phi) is 4.85. The fourth-order valence-electron chi connectivity index (χ4n) is 1.56.